The average molecular weight is 614 g/mol. The highest BCUT2D eigenvalue weighted by Gasteiger charge is 2.49. The van der Waals surface area contributed by atoms with E-state index in [1.54, 1.807) is 19.2 Å². The SMILES string of the molecule is CCC(=O)c1c(-c2ccc(F)cc2)oc2ccc(-c3cc(C(=O)CC4(c5nc(-c6ccc(OC)cc6)n[nH]5)CC4)ccc3C)cc12. The highest BCUT2D eigenvalue weighted by atomic mass is 19.1. The standard InChI is InChI=1S/C38H32FN3O4/c1-4-31(43)34-30-19-25(11-16-33(30)46-35(34)23-7-12-27(39)13-8-23)29-20-26(6-5-22(29)2)32(44)21-38(17-18-38)37-40-36(41-42-37)24-9-14-28(45-3)15-10-24/h5-16,19-20H,4,17-18,21H2,1-3H3,(H,40,41,42). The van der Waals surface area contributed by atoms with E-state index in [1.165, 1.54) is 12.1 Å². The number of carbonyl (C=O) groups is 2. The van der Waals surface area contributed by atoms with Gasteiger partial charge in [0.2, 0.25) is 0 Å². The van der Waals surface area contributed by atoms with Gasteiger partial charge in [0.05, 0.1) is 12.7 Å². The summed E-state index contributed by atoms with van der Waals surface area (Å²) < 4.78 is 25.0. The lowest BCUT2D eigenvalue weighted by molar-refractivity contribution is 0.0965. The Balaban J connectivity index is 1.18. The number of hydrogen-bond acceptors (Lipinski definition) is 6. The topological polar surface area (TPSA) is 98.1 Å². The smallest absolute Gasteiger partial charge is 0.181 e. The highest BCUT2D eigenvalue weighted by molar-refractivity contribution is 6.12. The Labute approximate surface area is 265 Å². The zero-order chi connectivity index (χ0) is 32.0. The Kier molecular flexibility index (Phi) is 7.35. The van der Waals surface area contributed by atoms with Crippen LogP contribution >= 0.6 is 0 Å². The van der Waals surface area contributed by atoms with E-state index in [1.807, 2.05) is 74.5 Å². The molecule has 230 valence electrons. The molecule has 1 aliphatic rings. The third-order valence-corrected chi connectivity index (χ3v) is 8.95. The molecule has 0 radical (unpaired) electrons. The number of nitrogens with zero attached hydrogens (tertiary/aromatic N) is 2. The van der Waals surface area contributed by atoms with E-state index >= 15 is 0 Å². The first-order valence-electron chi connectivity index (χ1n) is 15.4. The molecule has 0 bridgehead atoms. The molecule has 0 atom stereocenters. The molecule has 7 nitrogen and oxygen atoms in total. The van der Waals surface area contributed by atoms with Crippen LogP contribution in [0, 0.1) is 12.7 Å². The predicted molar refractivity (Wildman–Crippen MR) is 175 cm³/mol. The molecular weight excluding hydrogens is 581 g/mol. The van der Waals surface area contributed by atoms with Crippen molar-refractivity contribution in [3.05, 3.63) is 113 Å². The van der Waals surface area contributed by atoms with Gasteiger partial charge in [-0.3, -0.25) is 14.7 Å². The summed E-state index contributed by atoms with van der Waals surface area (Å²) in [5.74, 6) is 2.12. The molecule has 1 N–H and O–H groups in total. The molecule has 2 heterocycles. The van der Waals surface area contributed by atoms with Crippen molar-refractivity contribution < 1.29 is 23.1 Å². The second-order valence-electron chi connectivity index (χ2n) is 11.9. The first-order chi connectivity index (χ1) is 22.3. The van der Waals surface area contributed by atoms with Gasteiger partial charge in [-0.05, 0) is 103 Å². The number of methoxy groups -OCH3 is 1. The maximum absolute atomic E-state index is 13.7. The van der Waals surface area contributed by atoms with Gasteiger partial charge in [-0.2, -0.15) is 5.10 Å². The quantitative estimate of drug-likeness (QED) is 0.155. The van der Waals surface area contributed by atoms with Crippen molar-refractivity contribution in [2.45, 2.75) is 44.9 Å². The zero-order valence-electron chi connectivity index (χ0n) is 25.8. The fraction of sp³-hybridized carbons (Fsp3) is 0.211. The first kappa shape index (κ1) is 29.3. The molecule has 8 heteroatoms. The molecule has 1 aliphatic carbocycles. The number of furan rings is 1. The van der Waals surface area contributed by atoms with Gasteiger partial charge in [0, 0.05) is 40.3 Å². The van der Waals surface area contributed by atoms with Crippen molar-refractivity contribution in [1.29, 1.82) is 0 Å². The van der Waals surface area contributed by atoms with Gasteiger partial charge >= 0.3 is 0 Å². The number of nitrogens with one attached hydrogen (secondary N) is 1. The molecule has 7 rings (SSSR count). The van der Waals surface area contributed by atoms with Crippen LogP contribution < -0.4 is 4.74 Å². The molecule has 46 heavy (non-hydrogen) atoms. The Morgan fingerprint density at radius 1 is 0.913 bits per heavy atom. The average Bonchev–Trinajstić information content (AvgIpc) is 3.50. The Morgan fingerprint density at radius 2 is 1.63 bits per heavy atom. The Hall–Kier alpha value is -5.37. The normalized spacial score (nSPS) is 13.6. The second-order valence-corrected chi connectivity index (χ2v) is 11.9. The van der Waals surface area contributed by atoms with Crippen molar-refractivity contribution in [3.63, 3.8) is 0 Å². The fourth-order valence-electron chi connectivity index (χ4n) is 6.06. The van der Waals surface area contributed by atoms with E-state index in [4.69, 9.17) is 14.1 Å². The van der Waals surface area contributed by atoms with Gasteiger partial charge in [-0.25, -0.2) is 9.37 Å². The summed E-state index contributed by atoms with van der Waals surface area (Å²) in [4.78, 5) is 31.7. The number of Topliss-reactive ketones (excluding diaryl/α,β-unsaturated/α-hetero) is 2. The molecule has 4 aromatic carbocycles. The molecule has 1 saturated carbocycles. The van der Waals surface area contributed by atoms with Crippen LogP contribution in [0.15, 0.2) is 89.3 Å². The van der Waals surface area contributed by atoms with Crippen LogP contribution in [0.3, 0.4) is 0 Å². The van der Waals surface area contributed by atoms with E-state index < -0.39 is 0 Å². The van der Waals surface area contributed by atoms with Gasteiger partial charge in [0.25, 0.3) is 0 Å². The first-order valence-corrected chi connectivity index (χ1v) is 15.4. The minimum absolute atomic E-state index is 0.0333. The number of aromatic amines is 1. The number of aryl methyl sites for hydroxylation is 1. The number of aromatic nitrogens is 3. The van der Waals surface area contributed by atoms with Crippen LogP contribution in [0.4, 0.5) is 4.39 Å². The summed E-state index contributed by atoms with van der Waals surface area (Å²) in [5, 5.41) is 8.21. The molecule has 0 amide bonds. The van der Waals surface area contributed by atoms with Gasteiger partial charge in [0.1, 0.15) is 28.7 Å². The lowest BCUT2D eigenvalue weighted by atomic mass is 9.91. The number of carbonyl (C=O) groups excluding carboxylic acids is 2. The van der Waals surface area contributed by atoms with Crippen molar-refractivity contribution in [2.75, 3.05) is 7.11 Å². The summed E-state index contributed by atoms with van der Waals surface area (Å²) in [7, 11) is 1.63. The molecule has 6 aromatic rings. The summed E-state index contributed by atoms with van der Waals surface area (Å²) >= 11 is 0. The summed E-state index contributed by atoms with van der Waals surface area (Å²) in [6.45, 7) is 3.81. The van der Waals surface area contributed by atoms with E-state index in [0.717, 1.165) is 46.7 Å². The Morgan fingerprint density at radius 3 is 2.33 bits per heavy atom. The monoisotopic (exact) mass is 613 g/mol. The van der Waals surface area contributed by atoms with E-state index in [0.29, 0.717) is 52.1 Å². The van der Waals surface area contributed by atoms with Crippen LogP contribution in [0.5, 0.6) is 5.75 Å². The molecule has 0 unspecified atom stereocenters. The molecule has 2 aromatic heterocycles. The summed E-state index contributed by atoms with van der Waals surface area (Å²) in [6, 6.07) is 25.0. The number of fused-ring (bicyclic) bond motifs is 1. The van der Waals surface area contributed by atoms with Gasteiger partial charge in [0.15, 0.2) is 17.4 Å². The summed E-state index contributed by atoms with van der Waals surface area (Å²) in [6.07, 6.45) is 2.33. The van der Waals surface area contributed by atoms with Crippen LogP contribution in [0.1, 0.15) is 64.7 Å². The highest BCUT2D eigenvalue weighted by Crippen LogP contribution is 2.50. The largest absolute Gasteiger partial charge is 0.497 e. The number of H-pyrrole nitrogens is 1. The third-order valence-electron chi connectivity index (χ3n) is 8.95. The predicted octanol–water partition coefficient (Wildman–Crippen LogP) is 8.91. The number of benzene rings is 4. The van der Waals surface area contributed by atoms with Gasteiger partial charge in [-0.15, -0.1) is 0 Å². The lowest BCUT2D eigenvalue weighted by Gasteiger charge is -2.13. The van der Waals surface area contributed by atoms with Crippen molar-refractivity contribution >= 4 is 22.5 Å². The van der Waals surface area contributed by atoms with Crippen LogP contribution in [0.25, 0.3) is 44.8 Å². The second kappa shape index (κ2) is 11.5. The minimum Gasteiger partial charge on any atom is -0.497 e. The maximum atomic E-state index is 13.7. The maximum Gasteiger partial charge on any atom is 0.181 e. The number of rotatable bonds is 10. The number of halogens is 1. The van der Waals surface area contributed by atoms with E-state index in [2.05, 4.69) is 10.2 Å². The fourth-order valence-corrected chi connectivity index (χ4v) is 6.06. The van der Waals surface area contributed by atoms with E-state index in [-0.39, 0.29) is 22.8 Å². The van der Waals surface area contributed by atoms with Crippen LogP contribution in [-0.2, 0) is 5.41 Å². The van der Waals surface area contributed by atoms with Crippen LogP contribution in [-0.4, -0.2) is 33.9 Å². The third kappa shape index (κ3) is 5.30. The number of ketones is 2. The molecule has 0 saturated heterocycles. The molecular formula is C38H32FN3O4. The number of hydrogen-bond donors (Lipinski definition) is 1. The van der Waals surface area contributed by atoms with Gasteiger partial charge in [-0.1, -0.05) is 25.1 Å². The minimum atomic E-state index is -0.359. The lowest BCUT2D eigenvalue weighted by Crippen LogP contribution is -2.15. The van der Waals surface area contributed by atoms with Gasteiger partial charge < -0.3 is 9.15 Å². The van der Waals surface area contributed by atoms with Crippen molar-refractivity contribution in [1.82, 2.24) is 15.2 Å². The molecule has 1 fully saturated rings. The zero-order valence-corrected chi connectivity index (χ0v) is 25.8. The molecule has 0 spiro atoms. The molecule has 0 aliphatic heterocycles. The van der Waals surface area contributed by atoms with E-state index in [9.17, 15) is 14.0 Å². The van der Waals surface area contributed by atoms with Crippen LogP contribution in [0.2, 0.25) is 0 Å². The Bertz CT molecular complexity index is 2100. The number of ether oxygens (including phenoxy) is 1. The summed E-state index contributed by atoms with van der Waals surface area (Å²) in [5.41, 5.74) is 5.59. The van der Waals surface area contributed by atoms with Crippen molar-refractivity contribution in [2.24, 2.45) is 0 Å². The van der Waals surface area contributed by atoms with Crippen molar-refractivity contribution in [3.8, 4) is 39.6 Å².